The lowest BCUT2D eigenvalue weighted by atomic mass is 10.1. The summed E-state index contributed by atoms with van der Waals surface area (Å²) in [5.74, 6) is 0. The van der Waals surface area contributed by atoms with Crippen LogP contribution in [0.3, 0.4) is 0 Å². The molecule has 0 spiro atoms. The van der Waals surface area contributed by atoms with Crippen LogP contribution in [-0.2, 0) is 4.74 Å². The molecule has 0 aromatic rings. The van der Waals surface area contributed by atoms with Gasteiger partial charge in [0.15, 0.2) is 0 Å². The molecule has 16 heavy (non-hydrogen) atoms. The number of likely N-dealkylation sites (N-methyl/N-ethyl adjacent to an activating group) is 1. The number of hydrogen-bond donors (Lipinski definition) is 1. The Labute approximate surface area is 99.3 Å². The van der Waals surface area contributed by atoms with Crippen LogP contribution in [0.2, 0.25) is 0 Å². The first kappa shape index (κ1) is 15.2. The summed E-state index contributed by atoms with van der Waals surface area (Å²) in [5.41, 5.74) is 0.0902. The van der Waals surface area contributed by atoms with Crippen molar-refractivity contribution in [3.05, 3.63) is 0 Å². The Morgan fingerprint density at radius 2 is 2.00 bits per heavy atom. The van der Waals surface area contributed by atoms with Gasteiger partial charge >= 0.3 is 6.09 Å². The minimum Gasteiger partial charge on any atom is -0.449 e. The zero-order valence-corrected chi connectivity index (χ0v) is 11.3. The molecule has 0 aliphatic heterocycles. The van der Waals surface area contributed by atoms with Crippen molar-refractivity contribution in [1.29, 1.82) is 0 Å². The van der Waals surface area contributed by atoms with Gasteiger partial charge in [-0.3, -0.25) is 0 Å². The largest absolute Gasteiger partial charge is 0.449 e. The maximum absolute atomic E-state index is 11.4. The molecule has 0 aromatic carbocycles. The van der Waals surface area contributed by atoms with Crippen molar-refractivity contribution in [2.24, 2.45) is 0 Å². The molecule has 4 nitrogen and oxygen atoms in total. The number of hydrogen-bond acceptors (Lipinski definition) is 3. The summed E-state index contributed by atoms with van der Waals surface area (Å²) in [5, 5.41) is 3.33. The summed E-state index contributed by atoms with van der Waals surface area (Å²) in [6.45, 7) is 10.4. The number of rotatable bonds is 6. The standard InChI is InChI=1S/C12H26N2O2/c1-6-7-10-16-11(15)14(5)9-8-13-12(2,3)4/h13H,6-10H2,1-5H3. The van der Waals surface area contributed by atoms with Gasteiger partial charge in [0.1, 0.15) is 0 Å². The zero-order chi connectivity index (χ0) is 12.6. The second-order valence-corrected chi connectivity index (χ2v) is 5.07. The molecular formula is C12H26N2O2. The molecule has 0 radical (unpaired) electrons. The first-order valence-electron chi connectivity index (χ1n) is 5.99. The normalized spacial score (nSPS) is 11.3. The lowest BCUT2D eigenvalue weighted by molar-refractivity contribution is 0.109. The van der Waals surface area contributed by atoms with E-state index < -0.39 is 0 Å². The van der Waals surface area contributed by atoms with Crippen LogP contribution in [0.1, 0.15) is 40.5 Å². The molecule has 0 aliphatic rings. The fourth-order valence-corrected chi connectivity index (χ4v) is 1.10. The summed E-state index contributed by atoms with van der Waals surface area (Å²) < 4.78 is 5.09. The van der Waals surface area contributed by atoms with Crippen molar-refractivity contribution < 1.29 is 9.53 Å². The second kappa shape index (κ2) is 7.49. The van der Waals surface area contributed by atoms with Crippen LogP contribution < -0.4 is 5.32 Å². The SMILES string of the molecule is CCCCOC(=O)N(C)CCNC(C)(C)C. The molecule has 0 heterocycles. The summed E-state index contributed by atoms with van der Waals surface area (Å²) in [6, 6.07) is 0. The van der Waals surface area contributed by atoms with Crippen molar-refractivity contribution in [2.75, 3.05) is 26.7 Å². The van der Waals surface area contributed by atoms with Crippen LogP contribution >= 0.6 is 0 Å². The molecule has 0 atom stereocenters. The Morgan fingerprint density at radius 3 is 2.50 bits per heavy atom. The molecule has 0 bridgehead atoms. The van der Waals surface area contributed by atoms with Crippen molar-refractivity contribution in [1.82, 2.24) is 10.2 Å². The van der Waals surface area contributed by atoms with Gasteiger partial charge in [0.25, 0.3) is 0 Å². The fraction of sp³-hybridized carbons (Fsp3) is 0.917. The van der Waals surface area contributed by atoms with E-state index in [1.165, 1.54) is 0 Å². The number of nitrogens with one attached hydrogen (secondary N) is 1. The summed E-state index contributed by atoms with van der Waals surface area (Å²) in [6.07, 6.45) is 1.74. The molecule has 0 fully saturated rings. The maximum Gasteiger partial charge on any atom is 0.409 e. The minimum atomic E-state index is -0.232. The number of ether oxygens (including phenoxy) is 1. The summed E-state index contributed by atoms with van der Waals surface area (Å²) in [7, 11) is 1.76. The third-order valence-electron chi connectivity index (χ3n) is 2.14. The fourth-order valence-electron chi connectivity index (χ4n) is 1.10. The lowest BCUT2D eigenvalue weighted by Crippen LogP contribution is -2.42. The van der Waals surface area contributed by atoms with Gasteiger partial charge in [-0.25, -0.2) is 4.79 Å². The van der Waals surface area contributed by atoms with Crippen molar-refractivity contribution in [3.63, 3.8) is 0 Å². The van der Waals surface area contributed by atoms with Gasteiger partial charge in [-0.1, -0.05) is 13.3 Å². The number of carbonyl (C=O) groups excluding carboxylic acids is 1. The Hall–Kier alpha value is -0.770. The Balaban J connectivity index is 3.63. The molecule has 1 N–H and O–H groups in total. The minimum absolute atomic E-state index is 0.0902. The van der Waals surface area contributed by atoms with E-state index in [1.807, 2.05) is 0 Å². The molecule has 0 saturated carbocycles. The van der Waals surface area contributed by atoms with Crippen LogP contribution in [0.4, 0.5) is 4.79 Å². The van der Waals surface area contributed by atoms with E-state index in [0.29, 0.717) is 13.2 Å². The van der Waals surface area contributed by atoms with E-state index in [0.717, 1.165) is 19.4 Å². The summed E-state index contributed by atoms with van der Waals surface area (Å²) in [4.78, 5) is 13.1. The highest BCUT2D eigenvalue weighted by Gasteiger charge is 2.12. The van der Waals surface area contributed by atoms with Crippen LogP contribution in [0.15, 0.2) is 0 Å². The highest BCUT2D eigenvalue weighted by Crippen LogP contribution is 1.98. The monoisotopic (exact) mass is 230 g/mol. The molecule has 0 aromatic heterocycles. The molecule has 0 unspecified atom stereocenters. The van der Waals surface area contributed by atoms with E-state index in [-0.39, 0.29) is 11.6 Å². The van der Waals surface area contributed by atoms with Gasteiger partial charge in [0, 0.05) is 25.7 Å². The van der Waals surface area contributed by atoms with Crippen molar-refractivity contribution >= 4 is 6.09 Å². The van der Waals surface area contributed by atoms with Crippen LogP contribution in [0, 0.1) is 0 Å². The number of carbonyl (C=O) groups is 1. The second-order valence-electron chi connectivity index (χ2n) is 5.07. The highest BCUT2D eigenvalue weighted by atomic mass is 16.6. The smallest absolute Gasteiger partial charge is 0.409 e. The van der Waals surface area contributed by atoms with E-state index >= 15 is 0 Å². The molecular weight excluding hydrogens is 204 g/mol. The predicted molar refractivity (Wildman–Crippen MR) is 66.6 cm³/mol. The van der Waals surface area contributed by atoms with E-state index in [1.54, 1.807) is 11.9 Å². The predicted octanol–water partition coefficient (Wildman–Crippen LogP) is 2.24. The molecule has 96 valence electrons. The topological polar surface area (TPSA) is 41.6 Å². The quantitative estimate of drug-likeness (QED) is 0.712. The Kier molecular flexibility index (Phi) is 7.13. The van der Waals surface area contributed by atoms with Gasteiger partial charge < -0.3 is 15.0 Å². The van der Waals surface area contributed by atoms with Crippen LogP contribution in [0.25, 0.3) is 0 Å². The third kappa shape index (κ3) is 8.53. The average molecular weight is 230 g/mol. The molecule has 4 heteroatoms. The van der Waals surface area contributed by atoms with Gasteiger partial charge in [0.05, 0.1) is 6.61 Å². The third-order valence-corrected chi connectivity index (χ3v) is 2.14. The molecule has 0 aliphatic carbocycles. The molecule has 0 saturated heterocycles. The van der Waals surface area contributed by atoms with E-state index in [9.17, 15) is 4.79 Å². The van der Waals surface area contributed by atoms with Gasteiger partial charge in [0.2, 0.25) is 0 Å². The maximum atomic E-state index is 11.4. The van der Waals surface area contributed by atoms with Crippen LogP contribution in [-0.4, -0.2) is 43.3 Å². The number of amides is 1. The van der Waals surface area contributed by atoms with Crippen molar-refractivity contribution in [2.45, 2.75) is 46.1 Å². The summed E-state index contributed by atoms with van der Waals surface area (Å²) >= 11 is 0. The number of unbranched alkanes of at least 4 members (excludes halogenated alkanes) is 1. The van der Waals surface area contributed by atoms with E-state index in [2.05, 4.69) is 33.0 Å². The highest BCUT2D eigenvalue weighted by molar-refractivity contribution is 5.67. The van der Waals surface area contributed by atoms with Gasteiger partial charge in [-0.2, -0.15) is 0 Å². The van der Waals surface area contributed by atoms with Crippen molar-refractivity contribution in [3.8, 4) is 0 Å². The lowest BCUT2D eigenvalue weighted by Gasteiger charge is -2.23. The van der Waals surface area contributed by atoms with Gasteiger partial charge in [-0.05, 0) is 27.2 Å². The first-order chi connectivity index (χ1) is 7.37. The average Bonchev–Trinajstić information content (AvgIpc) is 2.15. The zero-order valence-electron chi connectivity index (χ0n) is 11.3. The van der Waals surface area contributed by atoms with Gasteiger partial charge in [-0.15, -0.1) is 0 Å². The van der Waals surface area contributed by atoms with Crippen LogP contribution in [0.5, 0.6) is 0 Å². The number of nitrogens with zero attached hydrogens (tertiary/aromatic N) is 1. The van der Waals surface area contributed by atoms with E-state index in [4.69, 9.17) is 4.74 Å². The molecule has 0 rings (SSSR count). The Morgan fingerprint density at radius 1 is 1.38 bits per heavy atom. The Bertz CT molecular complexity index is 200. The molecule has 1 amide bonds. The first-order valence-corrected chi connectivity index (χ1v) is 5.99.